The quantitative estimate of drug-likeness (QED) is 0.148. The van der Waals surface area contributed by atoms with E-state index in [0.29, 0.717) is 28.8 Å². The van der Waals surface area contributed by atoms with Gasteiger partial charge in [0, 0.05) is 33.8 Å². The summed E-state index contributed by atoms with van der Waals surface area (Å²) in [5, 5.41) is 0.982. The molecule has 2 heterocycles. The number of benzene rings is 2. The van der Waals surface area contributed by atoms with Crippen molar-refractivity contribution in [2.45, 2.75) is 36.8 Å². The van der Waals surface area contributed by atoms with Gasteiger partial charge in [-0.2, -0.15) is 0 Å². The largest absolute Gasteiger partial charge is 0.573 e. The molecule has 0 fully saturated rings. The Hall–Kier alpha value is -2.79. The maximum Gasteiger partial charge on any atom is 0.573 e. The molecule has 202 valence electrons. The van der Waals surface area contributed by atoms with Gasteiger partial charge in [-0.1, -0.05) is 47.6 Å². The number of ether oxygens (including phenoxy) is 1. The van der Waals surface area contributed by atoms with E-state index in [2.05, 4.69) is 19.2 Å². The van der Waals surface area contributed by atoms with Gasteiger partial charge in [-0.25, -0.2) is 9.78 Å². The second-order valence-corrected chi connectivity index (χ2v) is 10.00. The van der Waals surface area contributed by atoms with Crippen LogP contribution in [0.3, 0.4) is 0 Å². The lowest BCUT2D eigenvalue weighted by molar-refractivity contribution is -0.274. The fraction of sp³-hybridized carbons (Fsp3) is 0.292. The van der Waals surface area contributed by atoms with Crippen LogP contribution in [0.25, 0.3) is 11.2 Å². The first kappa shape index (κ1) is 28.2. The van der Waals surface area contributed by atoms with Crippen LogP contribution in [0.5, 0.6) is 5.75 Å². The van der Waals surface area contributed by atoms with E-state index < -0.39 is 17.6 Å². The van der Waals surface area contributed by atoms with Crippen molar-refractivity contribution < 1.29 is 22.4 Å². The van der Waals surface area contributed by atoms with E-state index in [0.717, 1.165) is 10.1 Å². The number of aryl methyl sites for hydroxylation is 1. The van der Waals surface area contributed by atoms with Crippen LogP contribution in [0, 0.1) is 0 Å². The van der Waals surface area contributed by atoms with Crippen molar-refractivity contribution in [1.29, 1.82) is 0 Å². The molecule has 1 atom stereocenters. The van der Waals surface area contributed by atoms with Crippen LogP contribution in [0.4, 0.5) is 13.2 Å². The zero-order valence-corrected chi connectivity index (χ0v) is 22.8. The lowest BCUT2D eigenvalue weighted by atomic mass is 10.2. The Bertz CT molecular complexity index is 1550. The van der Waals surface area contributed by atoms with Gasteiger partial charge in [-0.05, 0) is 41.8 Å². The first-order chi connectivity index (χ1) is 18.1. The van der Waals surface area contributed by atoms with Crippen molar-refractivity contribution in [1.82, 2.24) is 18.7 Å². The Balaban J connectivity index is 1.76. The Morgan fingerprint density at radius 1 is 1.08 bits per heavy atom. The van der Waals surface area contributed by atoms with E-state index in [-0.39, 0.29) is 35.8 Å². The summed E-state index contributed by atoms with van der Waals surface area (Å²) in [5.74, 6) is -0.0860. The molecule has 4 rings (SSSR count). The molecule has 2 aromatic heterocycles. The van der Waals surface area contributed by atoms with Gasteiger partial charge in [0.25, 0.3) is 5.56 Å². The fourth-order valence-corrected chi connectivity index (χ4v) is 5.09. The van der Waals surface area contributed by atoms with Gasteiger partial charge in [-0.3, -0.25) is 13.9 Å². The minimum atomic E-state index is -4.80. The molecule has 0 saturated carbocycles. The van der Waals surface area contributed by atoms with Crippen molar-refractivity contribution in [2.24, 2.45) is 7.05 Å². The Morgan fingerprint density at radius 3 is 2.50 bits per heavy atom. The average Bonchev–Trinajstić information content (AvgIpc) is 3.22. The van der Waals surface area contributed by atoms with E-state index in [1.165, 1.54) is 34.5 Å². The number of rotatable bonds is 10. The molecular weight excluding hydrogens is 564 g/mol. The maximum absolute atomic E-state index is 13.5. The molecule has 1 unspecified atom stereocenters. The van der Waals surface area contributed by atoms with Crippen LogP contribution in [0.1, 0.15) is 17.5 Å². The lowest BCUT2D eigenvalue weighted by Crippen LogP contribution is -2.40. The molecule has 0 radical (unpaired) electrons. The molecule has 14 heteroatoms. The van der Waals surface area contributed by atoms with Crippen LogP contribution >= 0.6 is 32.8 Å². The highest BCUT2D eigenvalue weighted by Crippen LogP contribution is 2.29. The fourth-order valence-electron chi connectivity index (χ4n) is 3.86. The normalized spacial score (nSPS) is 11.8. The topological polar surface area (TPSA) is 80.3 Å². The number of alkyl halides is 3. The molecule has 0 bridgehead atoms. The lowest BCUT2D eigenvalue weighted by Gasteiger charge is -2.12. The Labute approximate surface area is 226 Å². The van der Waals surface area contributed by atoms with Crippen LogP contribution in [-0.2, 0) is 30.4 Å². The van der Waals surface area contributed by atoms with Gasteiger partial charge in [0.05, 0.1) is 13.2 Å². The summed E-state index contributed by atoms with van der Waals surface area (Å²) in [5.41, 5.74) is 0.865. The van der Waals surface area contributed by atoms with Crippen molar-refractivity contribution in [3.63, 3.8) is 0 Å². The van der Waals surface area contributed by atoms with Crippen LogP contribution in [0.15, 0.2) is 63.3 Å². The predicted octanol–water partition coefficient (Wildman–Crippen LogP) is 4.99. The molecule has 0 amide bonds. The standard InChI is InChI=1S/C24H23ClF3N4O4PS/c1-30-20-19(21(33)31(23(30)34)10-3-11-35-37)32(13-15-6-8-17(25)9-7-15)22(29-20)38-14-16-4-2-5-18(12-16)36-24(26,27)28/h2,4-9,12H,3,10-11,13-14,37H2,1H3. The van der Waals surface area contributed by atoms with E-state index in [4.69, 9.17) is 16.1 Å². The molecule has 38 heavy (non-hydrogen) atoms. The summed E-state index contributed by atoms with van der Waals surface area (Å²) in [6.45, 7) is 0.770. The summed E-state index contributed by atoms with van der Waals surface area (Å²) in [7, 11) is 3.67. The first-order valence-electron chi connectivity index (χ1n) is 11.3. The van der Waals surface area contributed by atoms with Crippen LogP contribution in [-0.4, -0.2) is 31.7 Å². The minimum absolute atomic E-state index is 0.163. The Kier molecular flexibility index (Phi) is 8.87. The number of hydrogen-bond acceptors (Lipinski definition) is 6. The zero-order valence-electron chi connectivity index (χ0n) is 20.1. The number of imidazole rings is 1. The summed E-state index contributed by atoms with van der Waals surface area (Å²) >= 11 is 7.26. The van der Waals surface area contributed by atoms with Gasteiger partial charge in [0.1, 0.15) is 5.75 Å². The molecular formula is C24H23ClF3N4O4PS. The SMILES string of the molecule is Cn1c(=O)n(CCCOP)c(=O)c2c1nc(SCc1cccc(OC(F)(F)F)c1)n2Cc1ccc(Cl)cc1. The van der Waals surface area contributed by atoms with Gasteiger partial charge in [0.15, 0.2) is 16.3 Å². The molecule has 0 N–H and O–H groups in total. The van der Waals surface area contributed by atoms with Crippen LogP contribution in [0.2, 0.25) is 5.02 Å². The highest BCUT2D eigenvalue weighted by Gasteiger charge is 2.31. The van der Waals surface area contributed by atoms with Crippen molar-refractivity contribution in [2.75, 3.05) is 6.61 Å². The highest BCUT2D eigenvalue weighted by molar-refractivity contribution is 7.98. The van der Waals surface area contributed by atoms with Crippen molar-refractivity contribution in [3.8, 4) is 5.75 Å². The second-order valence-electron chi connectivity index (χ2n) is 8.29. The summed E-state index contributed by atoms with van der Waals surface area (Å²) in [6, 6.07) is 12.7. The van der Waals surface area contributed by atoms with Crippen molar-refractivity contribution in [3.05, 3.63) is 85.5 Å². The van der Waals surface area contributed by atoms with E-state index >= 15 is 0 Å². The van der Waals surface area contributed by atoms with Crippen molar-refractivity contribution >= 4 is 44.0 Å². The van der Waals surface area contributed by atoms with Gasteiger partial charge >= 0.3 is 12.1 Å². The third-order valence-corrected chi connectivity index (χ3v) is 7.13. The number of aromatic nitrogens is 4. The molecule has 4 aromatic rings. The third-order valence-electron chi connectivity index (χ3n) is 5.60. The molecule has 0 aliphatic rings. The van der Waals surface area contributed by atoms with E-state index in [1.807, 2.05) is 12.1 Å². The van der Waals surface area contributed by atoms with Gasteiger partial charge in [0.2, 0.25) is 0 Å². The monoisotopic (exact) mass is 586 g/mol. The van der Waals surface area contributed by atoms with Gasteiger partial charge in [-0.15, -0.1) is 13.2 Å². The van der Waals surface area contributed by atoms with Gasteiger partial charge < -0.3 is 13.8 Å². The summed E-state index contributed by atoms with van der Waals surface area (Å²) < 4.78 is 51.1. The smallest absolute Gasteiger partial charge is 0.406 e. The third kappa shape index (κ3) is 6.61. The maximum atomic E-state index is 13.5. The number of thioether (sulfide) groups is 1. The molecule has 0 aliphatic heterocycles. The average molecular weight is 587 g/mol. The van der Waals surface area contributed by atoms with E-state index in [9.17, 15) is 22.8 Å². The Morgan fingerprint density at radius 2 is 1.82 bits per heavy atom. The van der Waals surface area contributed by atoms with Crippen LogP contribution < -0.4 is 16.0 Å². The van der Waals surface area contributed by atoms with E-state index in [1.54, 1.807) is 29.8 Å². The predicted molar refractivity (Wildman–Crippen MR) is 143 cm³/mol. The number of fused-ring (bicyclic) bond motifs is 1. The summed E-state index contributed by atoms with van der Waals surface area (Å²) in [4.78, 5) is 31.1. The summed E-state index contributed by atoms with van der Waals surface area (Å²) in [6.07, 6.45) is -4.35. The second kappa shape index (κ2) is 11.9. The molecule has 0 spiro atoms. The highest BCUT2D eigenvalue weighted by atomic mass is 35.5. The zero-order chi connectivity index (χ0) is 27.4. The molecule has 2 aromatic carbocycles. The molecule has 0 aliphatic carbocycles. The first-order valence-corrected chi connectivity index (χ1v) is 13.1. The number of halogens is 4. The number of nitrogens with zero attached hydrogens (tertiary/aromatic N) is 4. The minimum Gasteiger partial charge on any atom is -0.406 e. The molecule has 8 nitrogen and oxygen atoms in total. The molecule has 0 saturated heterocycles. The number of hydrogen-bond donors (Lipinski definition) is 0.